The van der Waals surface area contributed by atoms with Gasteiger partial charge in [-0.25, -0.2) is 4.39 Å². The third-order valence-corrected chi connectivity index (χ3v) is 3.21. The topological polar surface area (TPSA) is 21.3 Å². The molecule has 0 saturated heterocycles. The molecule has 1 fully saturated rings. The van der Waals surface area contributed by atoms with Gasteiger partial charge in [0.15, 0.2) is 11.6 Å². The first-order valence-electron chi connectivity index (χ1n) is 6.45. The van der Waals surface area contributed by atoms with E-state index < -0.39 is 0 Å². The first-order chi connectivity index (χ1) is 8.70. The lowest BCUT2D eigenvalue weighted by atomic mass is 10.1. The van der Waals surface area contributed by atoms with E-state index >= 15 is 0 Å². The van der Waals surface area contributed by atoms with Gasteiger partial charge in [0.1, 0.15) is 0 Å². The number of hydrogen-bond acceptors (Lipinski definition) is 2. The third kappa shape index (κ3) is 3.57. The zero-order valence-corrected chi connectivity index (χ0v) is 11.0. The van der Waals surface area contributed by atoms with Crippen molar-refractivity contribution in [2.75, 3.05) is 13.7 Å². The average molecular weight is 249 g/mol. The number of hydrogen-bond donors (Lipinski definition) is 1. The van der Waals surface area contributed by atoms with Crippen LogP contribution in [0.5, 0.6) is 5.75 Å². The van der Waals surface area contributed by atoms with Crippen LogP contribution in [0.15, 0.2) is 24.3 Å². The average Bonchev–Trinajstić information content (AvgIpc) is 3.18. The summed E-state index contributed by atoms with van der Waals surface area (Å²) in [4.78, 5) is 0. The lowest BCUT2D eigenvalue weighted by Gasteiger charge is -2.06. The smallest absolute Gasteiger partial charge is 0.165 e. The van der Waals surface area contributed by atoms with Crippen molar-refractivity contribution in [3.05, 3.63) is 35.7 Å². The molecule has 3 heteroatoms. The SMILES string of the molecule is COc1ccc(C(C)=CCCNC2CC2)cc1F. The van der Waals surface area contributed by atoms with Gasteiger partial charge in [0, 0.05) is 6.04 Å². The number of rotatable bonds is 6. The molecule has 0 spiro atoms. The van der Waals surface area contributed by atoms with Crippen LogP contribution in [0.25, 0.3) is 5.57 Å². The zero-order chi connectivity index (χ0) is 13.0. The Morgan fingerprint density at radius 2 is 2.28 bits per heavy atom. The van der Waals surface area contributed by atoms with Crippen LogP contribution >= 0.6 is 0 Å². The van der Waals surface area contributed by atoms with Gasteiger partial charge >= 0.3 is 0 Å². The molecule has 0 radical (unpaired) electrons. The van der Waals surface area contributed by atoms with Crippen molar-refractivity contribution >= 4 is 5.57 Å². The quantitative estimate of drug-likeness (QED) is 0.780. The van der Waals surface area contributed by atoms with E-state index in [0.717, 1.165) is 30.1 Å². The molecule has 0 heterocycles. The summed E-state index contributed by atoms with van der Waals surface area (Å²) < 4.78 is 18.5. The van der Waals surface area contributed by atoms with E-state index in [2.05, 4.69) is 11.4 Å². The Morgan fingerprint density at radius 3 is 2.89 bits per heavy atom. The Labute approximate surface area is 108 Å². The molecule has 0 aliphatic heterocycles. The molecule has 1 aliphatic carbocycles. The Kier molecular flexibility index (Phi) is 4.37. The molecule has 2 rings (SSSR count). The van der Waals surface area contributed by atoms with Crippen LogP contribution in [0.1, 0.15) is 31.7 Å². The van der Waals surface area contributed by atoms with Crippen LogP contribution in [0.2, 0.25) is 0 Å². The van der Waals surface area contributed by atoms with Crippen molar-refractivity contribution < 1.29 is 9.13 Å². The Morgan fingerprint density at radius 1 is 1.50 bits per heavy atom. The molecule has 98 valence electrons. The summed E-state index contributed by atoms with van der Waals surface area (Å²) in [6, 6.07) is 5.84. The van der Waals surface area contributed by atoms with Crippen LogP contribution in [-0.2, 0) is 0 Å². The van der Waals surface area contributed by atoms with Crippen molar-refractivity contribution in [1.29, 1.82) is 0 Å². The van der Waals surface area contributed by atoms with E-state index in [1.165, 1.54) is 26.0 Å². The Hall–Kier alpha value is -1.35. The van der Waals surface area contributed by atoms with Crippen molar-refractivity contribution in [2.45, 2.75) is 32.2 Å². The maximum absolute atomic E-state index is 13.5. The second kappa shape index (κ2) is 6.01. The van der Waals surface area contributed by atoms with Gasteiger partial charge in [0.2, 0.25) is 0 Å². The van der Waals surface area contributed by atoms with Gasteiger partial charge in [-0.1, -0.05) is 12.1 Å². The fourth-order valence-electron chi connectivity index (χ4n) is 1.89. The van der Waals surface area contributed by atoms with Crippen LogP contribution in [0, 0.1) is 5.82 Å². The van der Waals surface area contributed by atoms with E-state index in [1.54, 1.807) is 6.07 Å². The number of nitrogens with one attached hydrogen (secondary N) is 1. The molecule has 1 N–H and O–H groups in total. The molecule has 1 saturated carbocycles. The van der Waals surface area contributed by atoms with Crippen LogP contribution in [0.4, 0.5) is 4.39 Å². The first-order valence-corrected chi connectivity index (χ1v) is 6.45. The van der Waals surface area contributed by atoms with Gasteiger partial charge in [-0.05, 0) is 56.0 Å². The highest BCUT2D eigenvalue weighted by Gasteiger charge is 2.19. The molecule has 1 aromatic carbocycles. The minimum atomic E-state index is -0.307. The molecule has 1 aromatic rings. The monoisotopic (exact) mass is 249 g/mol. The highest BCUT2D eigenvalue weighted by atomic mass is 19.1. The van der Waals surface area contributed by atoms with Crippen molar-refractivity contribution in [3.8, 4) is 5.75 Å². The lowest BCUT2D eigenvalue weighted by Crippen LogP contribution is -2.16. The summed E-state index contributed by atoms with van der Waals surface area (Å²) in [5.41, 5.74) is 2.02. The number of benzene rings is 1. The number of allylic oxidation sites excluding steroid dienone is 1. The van der Waals surface area contributed by atoms with Crippen molar-refractivity contribution in [1.82, 2.24) is 5.32 Å². The molecule has 0 aromatic heterocycles. The molecule has 0 unspecified atom stereocenters. The van der Waals surface area contributed by atoms with Gasteiger partial charge in [0.05, 0.1) is 7.11 Å². The summed E-state index contributed by atoms with van der Waals surface area (Å²) in [6.07, 6.45) is 5.76. The molecule has 18 heavy (non-hydrogen) atoms. The van der Waals surface area contributed by atoms with E-state index in [0.29, 0.717) is 5.75 Å². The molecule has 0 amide bonds. The van der Waals surface area contributed by atoms with Crippen LogP contribution in [-0.4, -0.2) is 19.7 Å². The molecule has 1 aliphatic rings. The minimum Gasteiger partial charge on any atom is -0.494 e. The van der Waals surface area contributed by atoms with Crippen LogP contribution < -0.4 is 10.1 Å². The van der Waals surface area contributed by atoms with Crippen molar-refractivity contribution in [3.63, 3.8) is 0 Å². The van der Waals surface area contributed by atoms with Gasteiger partial charge in [-0.2, -0.15) is 0 Å². The molecule has 0 bridgehead atoms. The molecular formula is C15H20FNO. The summed E-state index contributed by atoms with van der Waals surface area (Å²) >= 11 is 0. The zero-order valence-electron chi connectivity index (χ0n) is 11.0. The van der Waals surface area contributed by atoms with E-state index in [1.807, 2.05) is 13.0 Å². The molecule has 0 atom stereocenters. The fraction of sp³-hybridized carbons (Fsp3) is 0.467. The second-order valence-corrected chi connectivity index (χ2v) is 4.75. The van der Waals surface area contributed by atoms with Crippen LogP contribution in [0.3, 0.4) is 0 Å². The van der Waals surface area contributed by atoms with E-state index in [9.17, 15) is 4.39 Å². The predicted octanol–water partition coefficient (Wildman–Crippen LogP) is 3.38. The Bertz CT molecular complexity index is 438. The van der Waals surface area contributed by atoms with Gasteiger partial charge in [-0.3, -0.25) is 0 Å². The molecule has 2 nitrogen and oxygen atoms in total. The predicted molar refractivity (Wildman–Crippen MR) is 72.2 cm³/mol. The third-order valence-electron chi connectivity index (χ3n) is 3.21. The Balaban J connectivity index is 1.91. The summed E-state index contributed by atoms with van der Waals surface area (Å²) in [7, 11) is 1.48. The summed E-state index contributed by atoms with van der Waals surface area (Å²) in [6.45, 7) is 3.01. The van der Waals surface area contributed by atoms with Gasteiger partial charge < -0.3 is 10.1 Å². The van der Waals surface area contributed by atoms with Gasteiger partial charge in [-0.15, -0.1) is 0 Å². The fourth-order valence-corrected chi connectivity index (χ4v) is 1.89. The normalized spacial score (nSPS) is 15.8. The minimum absolute atomic E-state index is 0.293. The second-order valence-electron chi connectivity index (χ2n) is 4.75. The van der Waals surface area contributed by atoms with E-state index in [-0.39, 0.29) is 5.82 Å². The first kappa shape index (κ1) is 13.1. The lowest BCUT2D eigenvalue weighted by molar-refractivity contribution is 0.386. The largest absolute Gasteiger partial charge is 0.494 e. The van der Waals surface area contributed by atoms with Crippen molar-refractivity contribution in [2.24, 2.45) is 0 Å². The maximum atomic E-state index is 13.5. The number of methoxy groups -OCH3 is 1. The number of ether oxygens (including phenoxy) is 1. The summed E-state index contributed by atoms with van der Waals surface area (Å²) in [5, 5.41) is 3.45. The maximum Gasteiger partial charge on any atom is 0.165 e. The van der Waals surface area contributed by atoms with E-state index in [4.69, 9.17) is 4.74 Å². The highest BCUT2D eigenvalue weighted by molar-refractivity contribution is 5.64. The standard InChI is InChI=1S/C15H20FNO/c1-11(4-3-9-17-13-6-7-13)12-5-8-15(18-2)14(16)10-12/h4-5,8,10,13,17H,3,6-7,9H2,1-2H3. The highest BCUT2D eigenvalue weighted by Crippen LogP contribution is 2.22. The number of halogens is 1. The van der Waals surface area contributed by atoms with Gasteiger partial charge in [0.25, 0.3) is 0 Å². The molecular weight excluding hydrogens is 229 g/mol. The summed E-state index contributed by atoms with van der Waals surface area (Å²) in [5.74, 6) is -0.0131.